The molecule has 0 bridgehead atoms. The van der Waals surface area contributed by atoms with E-state index >= 15 is 0 Å². The van der Waals surface area contributed by atoms with E-state index in [1.165, 1.54) is 26.3 Å². The number of carbonyl (C=O) groups excluding carboxylic acids is 3. The molecule has 0 aliphatic carbocycles. The Morgan fingerprint density at radius 2 is 1.76 bits per heavy atom. The minimum atomic E-state index is -0.739. The molecule has 1 aromatic carbocycles. The van der Waals surface area contributed by atoms with Crippen molar-refractivity contribution in [3.63, 3.8) is 0 Å². The lowest BCUT2D eigenvalue weighted by Crippen LogP contribution is -2.35. The summed E-state index contributed by atoms with van der Waals surface area (Å²) in [4.78, 5) is 41.0. The first-order valence-electron chi connectivity index (χ1n) is 10.9. The number of ketones is 1. The molecule has 2 aromatic rings. The summed E-state index contributed by atoms with van der Waals surface area (Å²) in [6.07, 6.45) is 1.93. The van der Waals surface area contributed by atoms with Crippen molar-refractivity contribution in [1.82, 2.24) is 4.98 Å². The Balaban J connectivity index is 2.06. The normalized spacial score (nSPS) is 13.4. The van der Waals surface area contributed by atoms with Crippen molar-refractivity contribution in [2.75, 3.05) is 7.11 Å². The van der Waals surface area contributed by atoms with Gasteiger partial charge in [-0.1, -0.05) is 38.5 Å². The number of carbonyl (C=O) groups is 3. The van der Waals surface area contributed by atoms with E-state index in [4.69, 9.17) is 18.9 Å². The zero-order chi connectivity index (χ0) is 24.4. The maximum absolute atomic E-state index is 12.9. The van der Waals surface area contributed by atoms with E-state index in [0.29, 0.717) is 12.2 Å². The number of ether oxygens (including phenoxy) is 4. The third kappa shape index (κ3) is 7.59. The van der Waals surface area contributed by atoms with Crippen molar-refractivity contribution in [2.45, 2.75) is 59.2 Å². The zero-order valence-electron chi connectivity index (χ0n) is 19.7. The number of esters is 2. The first kappa shape index (κ1) is 25.8. The Kier molecular flexibility index (Phi) is 9.84. The van der Waals surface area contributed by atoms with Gasteiger partial charge in [-0.25, -0.2) is 4.98 Å². The number of pyridine rings is 1. The Morgan fingerprint density at radius 3 is 2.36 bits per heavy atom. The second-order valence-corrected chi connectivity index (χ2v) is 7.71. The SMILES string of the molecule is CCC[C@@H](Oc1ccccc1)[C@H](C)OC(=O)[C@H](C)CC(=O)c1nccc(OC)c1OC(C)=O. The maximum Gasteiger partial charge on any atom is 0.309 e. The molecule has 0 fully saturated rings. The van der Waals surface area contributed by atoms with Crippen LogP contribution in [0.4, 0.5) is 0 Å². The highest BCUT2D eigenvalue weighted by Gasteiger charge is 2.28. The average molecular weight is 458 g/mol. The molecule has 0 amide bonds. The highest BCUT2D eigenvalue weighted by molar-refractivity contribution is 5.99. The number of aromatic nitrogens is 1. The van der Waals surface area contributed by atoms with Crippen molar-refractivity contribution >= 4 is 17.7 Å². The van der Waals surface area contributed by atoms with Crippen LogP contribution in [0.3, 0.4) is 0 Å². The van der Waals surface area contributed by atoms with Crippen molar-refractivity contribution in [1.29, 1.82) is 0 Å². The summed E-state index contributed by atoms with van der Waals surface area (Å²) in [5.74, 6) is -1.50. The number of para-hydroxylation sites is 1. The minimum absolute atomic E-state index is 0.0642. The molecule has 8 heteroatoms. The van der Waals surface area contributed by atoms with Crippen LogP contribution in [-0.4, -0.2) is 42.0 Å². The van der Waals surface area contributed by atoms with E-state index in [-0.39, 0.29) is 29.7 Å². The first-order valence-corrected chi connectivity index (χ1v) is 10.9. The molecule has 2 rings (SSSR count). The smallest absolute Gasteiger partial charge is 0.309 e. The number of Topliss-reactive ketones (excluding diaryl/α,β-unsaturated/α-hetero) is 1. The number of methoxy groups -OCH3 is 1. The highest BCUT2D eigenvalue weighted by Crippen LogP contribution is 2.31. The Labute approximate surface area is 194 Å². The summed E-state index contributed by atoms with van der Waals surface area (Å²) in [5, 5.41) is 0. The summed E-state index contributed by atoms with van der Waals surface area (Å²) in [6.45, 7) is 6.62. The van der Waals surface area contributed by atoms with Gasteiger partial charge in [-0.05, 0) is 25.5 Å². The van der Waals surface area contributed by atoms with Crippen LogP contribution in [0, 0.1) is 5.92 Å². The van der Waals surface area contributed by atoms with Gasteiger partial charge in [-0.15, -0.1) is 0 Å². The van der Waals surface area contributed by atoms with Crippen molar-refractivity contribution in [3.05, 3.63) is 48.3 Å². The van der Waals surface area contributed by atoms with E-state index in [2.05, 4.69) is 4.98 Å². The fraction of sp³-hybridized carbons (Fsp3) is 0.440. The van der Waals surface area contributed by atoms with Gasteiger partial charge < -0.3 is 18.9 Å². The zero-order valence-corrected chi connectivity index (χ0v) is 19.7. The van der Waals surface area contributed by atoms with Crippen molar-refractivity contribution in [3.8, 4) is 17.2 Å². The topological polar surface area (TPSA) is 101 Å². The molecule has 0 aliphatic heterocycles. The van der Waals surface area contributed by atoms with Gasteiger partial charge >= 0.3 is 11.9 Å². The summed E-state index contributed by atoms with van der Waals surface area (Å²) in [6, 6.07) is 10.8. The van der Waals surface area contributed by atoms with Crippen LogP contribution in [0.1, 0.15) is 57.4 Å². The van der Waals surface area contributed by atoms with Gasteiger partial charge in [0, 0.05) is 25.6 Å². The molecule has 0 spiro atoms. The number of rotatable bonds is 12. The summed E-state index contributed by atoms with van der Waals surface area (Å²) in [7, 11) is 1.39. The molecule has 1 aromatic heterocycles. The molecule has 1 heterocycles. The molecule has 0 aliphatic rings. The molecule has 0 saturated heterocycles. The predicted octanol–water partition coefficient (Wildman–Crippen LogP) is 4.40. The molecular weight excluding hydrogens is 426 g/mol. The summed E-state index contributed by atoms with van der Waals surface area (Å²) in [5.41, 5.74) is -0.0754. The predicted molar refractivity (Wildman–Crippen MR) is 122 cm³/mol. The van der Waals surface area contributed by atoms with E-state index in [0.717, 1.165) is 6.42 Å². The van der Waals surface area contributed by atoms with Crippen LogP contribution >= 0.6 is 0 Å². The maximum atomic E-state index is 12.9. The highest BCUT2D eigenvalue weighted by atomic mass is 16.6. The Hall–Kier alpha value is -3.42. The van der Waals surface area contributed by atoms with Crippen LogP contribution in [-0.2, 0) is 14.3 Å². The van der Waals surface area contributed by atoms with Crippen LogP contribution in [0.5, 0.6) is 17.2 Å². The van der Waals surface area contributed by atoms with Gasteiger partial charge in [0.15, 0.2) is 17.2 Å². The third-order valence-electron chi connectivity index (χ3n) is 4.92. The number of hydrogen-bond acceptors (Lipinski definition) is 8. The Bertz CT molecular complexity index is 945. The van der Waals surface area contributed by atoms with Gasteiger partial charge in [-0.2, -0.15) is 0 Å². The lowest BCUT2D eigenvalue weighted by atomic mass is 10.0. The van der Waals surface area contributed by atoms with E-state index in [1.54, 1.807) is 13.8 Å². The van der Waals surface area contributed by atoms with Crippen molar-refractivity contribution < 1.29 is 33.3 Å². The minimum Gasteiger partial charge on any atom is -0.493 e. The van der Waals surface area contributed by atoms with Crippen LogP contribution < -0.4 is 14.2 Å². The lowest BCUT2D eigenvalue weighted by molar-refractivity contribution is -0.157. The van der Waals surface area contributed by atoms with E-state index in [1.807, 2.05) is 37.3 Å². The molecule has 0 N–H and O–H groups in total. The van der Waals surface area contributed by atoms with Gasteiger partial charge in [0.1, 0.15) is 18.0 Å². The molecule has 0 saturated carbocycles. The van der Waals surface area contributed by atoms with Gasteiger partial charge in [0.2, 0.25) is 5.75 Å². The second-order valence-electron chi connectivity index (χ2n) is 7.71. The number of nitrogens with zero attached hydrogens (tertiary/aromatic N) is 1. The fourth-order valence-corrected chi connectivity index (χ4v) is 3.21. The number of benzene rings is 1. The quantitative estimate of drug-likeness (QED) is 0.341. The van der Waals surface area contributed by atoms with Crippen LogP contribution in [0.2, 0.25) is 0 Å². The van der Waals surface area contributed by atoms with Crippen LogP contribution in [0.15, 0.2) is 42.6 Å². The van der Waals surface area contributed by atoms with Crippen molar-refractivity contribution in [2.24, 2.45) is 5.92 Å². The lowest BCUT2D eigenvalue weighted by Gasteiger charge is -2.26. The van der Waals surface area contributed by atoms with Gasteiger partial charge in [-0.3, -0.25) is 14.4 Å². The van der Waals surface area contributed by atoms with Crippen LogP contribution in [0.25, 0.3) is 0 Å². The third-order valence-corrected chi connectivity index (χ3v) is 4.92. The summed E-state index contributed by atoms with van der Waals surface area (Å²) < 4.78 is 21.9. The molecular formula is C25H31NO7. The molecule has 0 unspecified atom stereocenters. The van der Waals surface area contributed by atoms with E-state index < -0.39 is 29.7 Å². The molecule has 33 heavy (non-hydrogen) atoms. The standard InChI is InChI=1S/C25H31NO7/c1-6-10-21(33-19-11-8-7-9-12-19)17(3)31-25(29)16(2)15-20(28)23-24(32-18(4)27)22(30-5)13-14-26-23/h7-9,11-14,16-17,21H,6,10,15H2,1-5H3/t16-,17+,21-/m1/s1. The van der Waals surface area contributed by atoms with Gasteiger partial charge in [0.25, 0.3) is 0 Å². The summed E-state index contributed by atoms with van der Waals surface area (Å²) >= 11 is 0. The number of hydrogen-bond donors (Lipinski definition) is 0. The molecule has 178 valence electrons. The molecule has 8 nitrogen and oxygen atoms in total. The largest absolute Gasteiger partial charge is 0.493 e. The second kappa shape index (κ2) is 12.6. The molecule has 0 radical (unpaired) electrons. The van der Waals surface area contributed by atoms with E-state index in [9.17, 15) is 14.4 Å². The first-order chi connectivity index (χ1) is 15.8. The Morgan fingerprint density at radius 1 is 1.06 bits per heavy atom. The monoisotopic (exact) mass is 457 g/mol. The molecule has 3 atom stereocenters. The average Bonchev–Trinajstić information content (AvgIpc) is 2.79. The fourth-order valence-electron chi connectivity index (χ4n) is 3.21. The van der Waals surface area contributed by atoms with Gasteiger partial charge in [0.05, 0.1) is 13.0 Å².